The lowest BCUT2D eigenvalue weighted by Gasteiger charge is -2.40. The van der Waals surface area contributed by atoms with E-state index in [2.05, 4.69) is 20.8 Å². The predicted molar refractivity (Wildman–Crippen MR) is 83.5 cm³/mol. The molecule has 2 N–H and O–H groups in total. The molecule has 126 valence electrons. The van der Waals surface area contributed by atoms with Crippen LogP contribution < -0.4 is 10.6 Å². The molecule has 2 heterocycles. The number of amides is 1. The predicted octanol–water partition coefficient (Wildman–Crippen LogP) is 1.32. The monoisotopic (exact) mass is 330 g/mol. The van der Waals surface area contributed by atoms with Crippen LogP contribution in [0.5, 0.6) is 0 Å². The van der Waals surface area contributed by atoms with Crippen molar-refractivity contribution in [3.05, 3.63) is 47.4 Å². The summed E-state index contributed by atoms with van der Waals surface area (Å²) in [5.41, 5.74) is 0.689. The maximum absolute atomic E-state index is 13.1. The van der Waals surface area contributed by atoms with Crippen LogP contribution in [0.2, 0.25) is 0 Å². The van der Waals surface area contributed by atoms with Crippen molar-refractivity contribution in [2.45, 2.75) is 31.2 Å². The molecule has 1 saturated carbocycles. The van der Waals surface area contributed by atoms with E-state index in [0.717, 1.165) is 19.5 Å². The summed E-state index contributed by atoms with van der Waals surface area (Å²) in [7, 11) is 0. The van der Waals surface area contributed by atoms with Crippen LogP contribution >= 0.6 is 0 Å². The molecule has 1 saturated heterocycles. The van der Waals surface area contributed by atoms with Gasteiger partial charge in [-0.05, 0) is 43.0 Å². The smallest absolute Gasteiger partial charge is 0.234 e. The van der Waals surface area contributed by atoms with Crippen molar-refractivity contribution >= 4 is 5.91 Å². The maximum Gasteiger partial charge on any atom is 0.234 e. The van der Waals surface area contributed by atoms with E-state index in [4.69, 9.17) is 4.52 Å². The number of carbonyl (C=O) groups excluding carboxylic acids is 1. The SMILES string of the molecule is O=C(Cc1noc([C@]23CC[C@H]2CNC3)n1)NCc1cccc(F)c1. The highest BCUT2D eigenvalue weighted by Gasteiger charge is 2.54. The van der Waals surface area contributed by atoms with E-state index in [1.54, 1.807) is 12.1 Å². The molecule has 2 atom stereocenters. The largest absolute Gasteiger partial charge is 0.352 e. The standard InChI is InChI=1S/C17H19FN4O2/c18-13-3-1-2-11(6-13)8-20-15(23)7-14-21-16(24-22-14)17-5-4-12(17)9-19-10-17/h1-3,6,12,19H,4-5,7-10H2,(H,20,23)/t12-,17-/m0/s1. The summed E-state index contributed by atoms with van der Waals surface area (Å²) < 4.78 is 18.5. The molecule has 2 aliphatic rings. The van der Waals surface area contributed by atoms with Crippen LogP contribution in [0.15, 0.2) is 28.8 Å². The molecule has 1 aliphatic carbocycles. The van der Waals surface area contributed by atoms with Crippen LogP contribution in [0.3, 0.4) is 0 Å². The third-order valence-electron chi connectivity index (χ3n) is 5.14. The number of nitrogens with one attached hydrogen (secondary N) is 2. The maximum atomic E-state index is 13.1. The Labute approximate surface area is 138 Å². The Kier molecular flexibility index (Phi) is 3.80. The summed E-state index contributed by atoms with van der Waals surface area (Å²) in [6.07, 6.45) is 2.30. The van der Waals surface area contributed by atoms with Gasteiger partial charge in [0.2, 0.25) is 11.8 Å². The molecule has 0 spiro atoms. The van der Waals surface area contributed by atoms with Gasteiger partial charge in [-0.15, -0.1) is 0 Å². The quantitative estimate of drug-likeness (QED) is 0.864. The molecule has 1 aromatic heterocycles. The van der Waals surface area contributed by atoms with Crippen molar-refractivity contribution in [2.75, 3.05) is 13.1 Å². The fourth-order valence-corrected chi connectivity index (χ4v) is 3.64. The van der Waals surface area contributed by atoms with E-state index >= 15 is 0 Å². The minimum Gasteiger partial charge on any atom is -0.352 e. The van der Waals surface area contributed by atoms with Crippen molar-refractivity contribution in [3.63, 3.8) is 0 Å². The summed E-state index contributed by atoms with van der Waals surface area (Å²) in [6, 6.07) is 6.15. The molecule has 1 aromatic carbocycles. The Balaban J connectivity index is 1.35. The van der Waals surface area contributed by atoms with Gasteiger partial charge in [0.05, 0.1) is 11.8 Å². The highest BCUT2D eigenvalue weighted by molar-refractivity contribution is 5.77. The number of hydrogen-bond donors (Lipinski definition) is 2. The van der Waals surface area contributed by atoms with Crippen molar-refractivity contribution in [2.24, 2.45) is 5.92 Å². The normalized spacial score (nSPS) is 25.1. The second kappa shape index (κ2) is 5.98. The van der Waals surface area contributed by atoms with Gasteiger partial charge in [-0.2, -0.15) is 4.98 Å². The lowest BCUT2D eigenvalue weighted by Crippen LogP contribution is -2.44. The Morgan fingerprint density at radius 2 is 2.42 bits per heavy atom. The molecule has 0 bridgehead atoms. The lowest BCUT2D eigenvalue weighted by molar-refractivity contribution is -0.120. The fourth-order valence-electron chi connectivity index (χ4n) is 3.64. The van der Waals surface area contributed by atoms with Crippen LogP contribution in [0.1, 0.15) is 30.1 Å². The Morgan fingerprint density at radius 1 is 1.50 bits per heavy atom. The summed E-state index contributed by atoms with van der Waals surface area (Å²) in [6.45, 7) is 2.13. The second-order valence-corrected chi connectivity index (χ2v) is 6.62. The Morgan fingerprint density at radius 3 is 3.17 bits per heavy atom. The van der Waals surface area contributed by atoms with Gasteiger partial charge in [0.25, 0.3) is 0 Å². The highest BCUT2D eigenvalue weighted by atomic mass is 19.1. The Hall–Kier alpha value is -2.28. The molecule has 0 radical (unpaired) electrons. The third-order valence-corrected chi connectivity index (χ3v) is 5.14. The van der Waals surface area contributed by atoms with E-state index in [-0.39, 0.29) is 30.1 Å². The molecule has 2 fully saturated rings. The summed E-state index contributed by atoms with van der Waals surface area (Å²) in [5, 5.41) is 10.1. The molecule has 24 heavy (non-hydrogen) atoms. The number of benzene rings is 1. The van der Waals surface area contributed by atoms with Gasteiger partial charge in [-0.25, -0.2) is 4.39 Å². The minimum absolute atomic E-state index is 0.0245. The van der Waals surface area contributed by atoms with Crippen LogP contribution in [0.4, 0.5) is 4.39 Å². The average Bonchev–Trinajstić information content (AvgIpc) is 3.11. The van der Waals surface area contributed by atoms with Crippen LogP contribution in [0, 0.1) is 11.7 Å². The molecule has 0 unspecified atom stereocenters. The number of fused-ring (bicyclic) bond motifs is 1. The summed E-state index contributed by atoms with van der Waals surface area (Å²) >= 11 is 0. The third kappa shape index (κ3) is 2.69. The van der Waals surface area contributed by atoms with Crippen LogP contribution in [-0.4, -0.2) is 29.1 Å². The molecule has 7 heteroatoms. The van der Waals surface area contributed by atoms with Gasteiger partial charge in [-0.3, -0.25) is 4.79 Å². The van der Waals surface area contributed by atoms with Gasteiger partial charge >= 0.3 is 0 Å². The first kappa shape index (κ1) is 15.3. The van der Waals surface area contributed by atoms with Crippen LogP contribution in [0.25, 0.3) is 0 Å². The summed E-state index contributed by atoms with van der Waals surface area (Å²) in [4.78, 5) is 16.5. The molecule has 2 aromatic rings. The molecule has 1 aliphatic heterocycles. The van der Waals surface area contributed by atoms with E-state index in [0.29, 0.717) is 23.2 Å². The number of halogens is 1. The fraction of sp³-hybridized carbons (Fsp3) is 0.471. The van der Waals surface area contributed by atoms with Crippen molar-refractivity contribution in [1.29, 1.82) is 0 Å². The van der Waals surface area contributed by atoms with E-state index in [1.165, 1.54) is 18.6 Å². The zero-order valence-electron chi connectivity index (χ0n) is 13.2. The Bertz CT molecular complexity index is 763. The van der Waals surface area contributed by atoms with Gasteiger partial charge in [0, 0.05) is 13.1 Å². The summed E-state index contributed by atoms with van der Waals surface area (Å²) in [5.74, 6) is 1.08. The highest BCUT2D eigenvalue weighted by Crippen LogP contribution is 2.50. The molecule has 6 nitrogen and oxygen atoms in total. The molecular weight excluding hydrogens is 311 g/mol. The van der Waals surface area contributed by atoms with E-state index in [9.17, 15) is 9.18 Å². The van der Waals surface area contributed by atoms with Crippen LogP contribution in [-0.2, 0) is 23.2 Å². The topological polar surface area (TPSA) is 80.1 Å². The van der Waals surface area contributed by atoms with E-state index in [1.807, 2.05) is 0 Å². The average molecular weight is 330 g/mol. The zero-order chi connectivity index (χ0) is 16.6. The second-order valence-electron chi connectivity index (χ2n) is 6.62. The van der Waals surface area contributed by atoms with Gasteiger partial charge in [-0.1, -0.05) is 17.3 Å². The zero-order valence-corrected chi connectivity index (χ0v) is 13.2. The molecule has 4 rings (SSSR count). The minimum atomic E-state index is -0.316. The number of nitrogens with zero attached hydrogens (tertiary/aromatic N) is 2. The van der Waals surface area contributed by atoms with Crippen molar-refractivity contribution in [3.8, 4) is 0 Å². The first-order chi connectivity index (χ1) is 11.7. The van der Waals surface area contributed by atoms with Gasteiger partial charge in [0.1, 0.15) is 5.82 Å². The van der Waals surface area contributed by atoms with Crippen molar-refractivity contribution in [1.82, 2.24) is 20.8 Å². The number of aromatic nitrogens is 2. The van der Waals surface area contributed by atoms with Crippen molar-refractivity contribution < 1.29 is 13.7 Å². The molecule has 1 amide bonds. The first-order valence-corrected chi connectivity index (χ1v) is 8.21. The van der Waals surface area contributed by atoms with Gasteiger partial charge in [0.15, 0.2) is 5.82 Å². The first-order valence-electron chi connectivity index (χ1n) is 8.21. The number of hydrogen-bond acceptors (Lipinski definition) is 5. The lowest BCUT2D eigenvalue weighted by atomic mass is 9.62. The number of rotatable bonds is 5. The number of carbonyl (C=O) groups is 1. The van der Waals surface area contributed by atoms with E-state index < -0.39 is 0 Å². The molecular formula is C17H19FN4O2. The van der Waals surface area contributed by atoms with Gasteiger partial charge < -0.3 is 15.2 Å².